The van der Waals surface area contributed by atoms with E-state index in [1.54, 1.807) is 18.2 Å². The first-order valence-corrected chi connectivity index (χ1v) is 10.1. The van der Waals surface area contributed by atoms with E-state index >= 15 is 0 Å². The number of hydrogen-bond acceptors (Lipinski definition) is 4. The molecule has 0 radical (unpaired) electrons. The lowest BCUT2D eigenvalue weighted by atomic mass is 9.98. The molecule has 0 saturated heterocycles. The van der Waals surface area contributed by atoms with Crippen molar-refractivity contribution in [1.82, 2.24) is 4.57 Å². The molecule has 0 amide bonds. The van der Waals surface area contributed by atoms with Crippen molar-refractivity contribution in [1.29, 1.82) is 0 Å². The fraction of sp³-hybridized carbons (Fsp3) is 0.250. The lowest BCUT2D eigenvalue weighted by molar-refractivity contribution is -0.349. The van der Waals surface area contributed by atoms with Gasteiger partial charge < -0.3 is 14.7 Å². The Labute approximate surface area is 187 Å². The van der Waals surface area contributed by atoms with Crippen molar-refractivity contribution in [2.24, 2.45) is 0 Å². The molecule has 33 heavy (non-hydrogen) atoms. The van der Waals surface area contributed by atoms with Crippen molar-refractivity contribution in [2.75, 3.05) is 14.2 Å². The summed E-state index contributed by atoms with van der Waals surface area (Å²) in [7, 11) is 3.00. The van der Waals surface area contributed by atoms with Crippen molar-refractivity contribution in [3.63, 3.8) is 0 Å². The van der Waals surface area contributed by atoms with E-state index in [1.165, 1.54) is 20.4 Å². The molecule has 0 saturated carbocycles. The maximum absolute atomic E-state index is 13.8. The number of pyridine rings is 1. The zero-order valence-electron chi connectivity index (χ0n) is 18.0. The smallest absolute Gasteiger partial charge is 0.418 e. The van der Waals surface area contributed by atoms with Gasteiger partial charge in [-0.1, -0.05) is 0 Å². The summed E-state index contributed by atoms with van der Waals surface area (Å²) in [5, 5.41) is 11.7. The Morgan fingerprint density at radius 2 is 1.67 bits per heavy atom. The second-order valence-corrected chi connectivity index (χ2v) is 7.71. The van der Waals surface area contributed by atoms with Crippen molar-refractivity contribution in [3.8, 4) is 28.3 Å². The first-order valence-electron chi connectivity index (χ1n) is 10.1. The molecule has 0 unspecified atom stereocenters. The lowest BCUT2D eigenvalue weighted by Gasteiger charge is -2.19. The second-order valence-electron chi connectivity index (χ2n) is 7.71. The molecular formula is C24H21F3N2O4. The molecule has 2 aromatic carbocycles. The van der Waals surface area contributed by atoms with E-state index in [0.717, 1.165) is 28.3 Å². The summed E-state index contributed by atoms with van der Waals surface area (Å²) in [5.74, 6) is 1.01. The number of aromatic nitrogens is 1. The van der Waals surface area contributed by atoms with Crippen LogP contribution in [0.4, 0.5) is 18.9 Å². The highest BCUT2D eigenvalue weighted by Crippen LogP contribution is 2.38. The minimum atomic E-state index is -4.74. The maximum atomic E-state index is 13.8. The third-order valence-electron chi connectivity index (χ3n) is 5.77. The molecule has 9 heteroatoms. The summed E-state index contributed by atoms with van der Waals surface area (Å²) in [4.78, 5) is 13.3. The molecule has 0 spiro atoms. The standard InChI is InChI=1S/C24H21F3N2O4/c1-28(31)15-7-8-21(24(25,26)27)22(11-15)29-13-20(18-5-4-6-19(18)23(29)30)14-9-16(32-2)12-17(10-14)33-3/h7-13H,1,4-6H2,2-3H3. The Kier molecular flexibility index (Phi) is 5.65. The molecule has 1 aliphatic carbocycles. The molecule has 3 aromatic rings. The van der Waals surface area contributed by atoms with E-state index in [4.69, 9.17) is 9.47 Å². The first kappa shape index (κ1) is 22.4. The van der Waals surface area contributed by atoms with Crippen LogP contribution < -0.4 is 15.0 Å². The van der Waals surface area contributed by atoms with Crippen LogP contribution in [0.25, 0.3) is 16.8 Å². The zero-order chi connectivity index (χ0) is 23.9. The van der Waals surface area contributed by atoms with Gasteiger partial charge >= 0.3 is 6.18 Å². The fourth-order valence-electron chi connectivity index (χ4n) is 4.19. The Bertz CT molecular complexity index is 1290. The molecule has 0 N–H and O–H groups in total. The SMILES string of the molecule is C=[N+]([O-])c1ccc(C(F)(F)F)c(-n2cc(-c3cc(OC)cc(OC)c3)c3c(c2=O)CCC3)c1. The van der Waals surface area contributed by atoms with Gasteiger partial charge in [0.2, 0.25) is 5.69 Å². The predicted molar refractivity (Wildman–Crippen MR) is 118 cm³/mol. The number of alkyl halides is 3. The van der Waals surface area contributed by atoms with Crippen LogP contribution in [-0.2, 0) is 19.0 Å². The van der Waals surface area contributed by atoms with Crippen molar-refractivity contribution < 1.29 is 27.4 Å². The highest BCUT2D eigenvalue weighted by Gasteiger charge is 2.35. The van der Waals surface area contributed by atoms with Crippen LogP contribution in [0.15, 0.2) is 47.4 Å². The molecule has 0 fully saturated rings. The maximum Gasteiger partial charge on any atom is 0.418 e. The summed E-state index contributed by atoms with van der Waals surface area (Å²) >= 11 is 0. The fourth-order valence-corrected chi connectivity index (χ4v) is 4.19. The van der Waals surface area contributed by atoms with Crippen LogP contribution in [0.2, 0.25) is 0 Å². The summed E-state index contributed by atoms with van der Waals surface area (Å²) in [6.07, 6.45) is -1.55. The van der Waals surface area contributed by atoms with E-state index in [0.29, 0.717) is 47.5 Å². The number of halogens is 3. The number of hydrogen-bond donors (Lipinski definition) is 0. The second kappa shape index (κ2) is 8.31. The predicted octanol–water partition coefficient (Wildman–Crippen LogP) is 4.87. The van der Waals surface area contributed by atoms with Crippen LogP contribution >= 0.6 is 0 Å². The number of nitrogens with zero attached hydrogens (tertiary/aromatic N) is 2. The number of methoxy groups -OCH3 is 2. The number of fused-ring (bicyclic) bond motifs is 1. The molecule has 0 bridgehead atoms. The summed E-state index contributed by atoms with van der Waals surface area (Å²) in [5.41, 5.74) is 0.403. The average Bonchev–Trinajstić information content (AvgIpc) is 3.28. The van der Waals surface area contributed by atoms with Crippen LogP contribution in [-0.4, -0.2) is 30.2 Å². The zero-order valence-corrected chi connectivity index (χ0v) is 18.0. The van der Waals surface area contributed by atoms with Gasteiger partial charge in [0, 0.05) is 35.5 Å². The van der Waals surface area contributed by atoms with Crippen LogP contribution in [0, 0.1) is 5.21 Å². The lowest BCUT2D eigenvalue weighted by Crippen LogP contribution is -2.25. The minimum Gasteiger partial charge on any atom is -0.619 e. The van der Waals surface area contributed by atoms with Crippen molar-refractivity contribution in [2.45, 2.75) is 25.4 Å². The Morgan fingerprint density at radius 3 is 2.24 bits per heavy atom. The molecule has 4 rings (SSSR count). The number of ether oxygens (including phenoxy) is 2. The van der Waals surface area contributed by atoms with Gasteiger partial charge in [0.25, 0.3) is 5.56 Å². The molecule has 1 aliphatic rings. The topological polar surface area (TPSA) is 66.5 Å². The number of benzene rings is 2. The Balaban J connectivity index is 2.05. The summed E-state index contributed by atoms with van der Waals surface area (Å²) < 4.78 is 53.4. The van der Waals surface area contributed by atoms with Gasteiger partial charge in [0.05, 0.1) is 25.5 Å². The van der Waals surface area contributed by atoms with Gasteiger partial charge in [-0.25, -0.2) is 0 Å². The van der Waals surface area contributed by atoms with Crippen molar-refractivity contribution >= 4 is 12.4 Å². The average molecular weight is 458 g/mol. The van der Waals surface area contributed by atoms with Gasteiger partial charge in [-0.15, -0.1) is 0 Å². The van der Waals surface area contributed by atoms with E-state index < -0.39 is 23.0 Å². The van der Waals surface area contributed by atoms with Crippen LogP contribution in [0.1, 0.15) is 23.1 Å². The normalized spacial score (nSPS) is 13.0. The highest BCUT2D eigenvalue weighted by molar-refractivity contribution is 5.72. The molecule has 0 atom stereocenters. The molecule has 172 valence electrons. The first-order chi connectivity index (χ1) is 15.6. The quantitative estimate of drug-likeness (QED) is 0.237. The van der Waals surface area contributed by atoms with Crippen LogP contribution in [0.5, 0.6) is 11.5 Å². The Hall–Kier alpha value is -3.75. The van der Waals surface area contributed by atoms with E-state index in [2.05, 4.69) is 6.72 Å². The molecular weight excluding hydrogens is 437 g/mol. The van der Waals surface area contributed by atoms with Gasteiger partial charge in [0.15, 0.2) is 0 Å². The van der Waals surface area contributed by atoms with Gasteiger partial charge in [0.1, 0.15) is 18.2 Å². The summed E-state index contributed by atoms with van der Waals surface area (Å²) in [6.45, 7) is 3.20. The van der Waals surface area contributed by atoms with E-state index in [9.17, 15) is 23.2 Å². The third kappa shape index (κ3) is 4.06. The third-order valence-corrected chi connectivity index (χ3v) is 5.77. The van der Waals surface area contributed by atoms with E-state index in [-0.39, 0.29) is 10.4 Å². The Morgan fingerprint density at radius 1 is 1.03 bits per heavy atom. The molecule has 1 aromatic heterocycles. The van der Waals surface area contributed by atoms with Gasteiger partial charge in [-0.05, 0) is 48.6 Å². The summed E-state index contributed by atoms with van der Waals surface area (Å²) in [6, 6.07) is 8.00. The van der Waals surface area contributed by atoms with Crippen LogP contribution in [0.3, 0.4) is 0 Å². The largest absolute Gasteiger partial charge is 0.619 e. The molecule has 6 nitrogen and oxygen atoms in total. The monoisotopic (exact) mass is 458 g/mol. The number of rotatable bonds is 5. The van der Waals surface area contributed by atoms with Gasteiger partial charge in [-0.3, -0.25) is 9.36 Å². The molecule has 0 aliphatic heterocycles. The highest BCUT2D eigenvalue weighted by atomic mass is 19.4. The van der Waals surface area contributed by atoms with Gasteiger partial charge in [-0.2, -0.15) is 17.9 Å². The van der Waals surface area contributed by atoms with E-state index in [1.807, 2.05) is 0 Å². The van der Waals surface area contributed by atoms with Crippen molar-refractivity contribution in [3.05, 3.63) is 74.8 Å². The molecule has 1 heterocycles. The minimum absolute atomic E-state index is 0.102.